The number of nitrogens with zero attached hydrogens (tertiary/aromatic N) is 2. The summed E-state index contributed by atoms with van der Waals surface area (Å²) in [5, 5.41) is 8.54. The number of nitrogens with two attached hydrogens (primary N) is 1. The third-order valence-corrected chi connectivity index (χ3v) is 5.95. The lowest BCUT2D eigenvalue weighted by atomic mass is 10.2. The lowest BCUT2D eigenvalue weighted by molar-refractivity contribution is 0.103. The van der Waals surface area contributed by atoms with Crippen molar-refractivity contribution in [2.45, 2.75) is 19.3 Å². The highest BCUT2D eigenvalue weighted by atomic mass is 32.2. The van der Waals surface area contributed by atoms with E-state index in [1.54, 1.807) is 38.3 Å². The summed E-state index contributed by atoms with van der Waals surface area (Å²) in [5.41, 5.74) is 1.64. The van der Waals surface area contributed by atoms with Crippen molar-refractivity contribution in [3.05, 3.63) is 46.1 Å². The average Bonchev–Trinajstić information content (AvgIpc) is 2.97. The monoisotopic (exact) mass is 436 g/mol. The second kappa shape index (κ2) is 8.41. The summed E-state index contributed by atoms with van der Waals surface area (Å²) >= 11 is 1.22. The van der Waals surface area contributed by atoms with Crippen molar-refractivity contribution in [3.63, 3.8) is 0 Å². The predicted molar refractivity (Wildman–Crippen MR) is 111 cm³/mol. The van der Waals surface area contributed by atoms with E-state index in [1.165, 1.54) is 18.4 Å². The molecule has 0 aliphatic carbocycles. The molecule has 3 aromatic rings. The molecule has 11 heteroatoms. The lowest BCUT2D eigenvalue weighted by Gasteiger charge is -2.07. The number of hydrogen-bond acceptors (Lipinski definition) is 8. The van der Waals surface area contributed by atoms with Crippen LogP contribution in [0.5, 0.6) is 5.88 Å². The molecule has 0 bridgehead atoms. The molecule has 1 aromatic carbocycles. The Bertz CT molecular complexity index is 1170. The second-order valence-electron chi connectivity index (χ2n) is 6.28. The fraction of sp³-hybridized carbons (Fsp3) is 0.278. The number of hydrogen-bond donors (Lipinski definition) is 2. The van der Waals surface area contributed by atoms with E-state index in [0.717, 1.165) is 0 Å². The topological polar surface area (TPSA) is 134 Å². The molecule has 2 heterocycles. The Morgan fingerprint density at radius 2 is 2.03 bits per heavy atom. The van der Waals surface area contributed by atoms with Gasteiger partial charge in [-0.05, 0) is 30.2 Å². The van der Waals surface area contributed by atoms with Crippen LogP contribution in [0.25, 0.3) is 10.2 Å². The van der Waals surface area contributed by atoms with Gasteiger partial charge in [0, 0.05) is 12.8 Å². The van der Waals surface area contributed by atoms with Gasteiger partial charge >= 0.3 is 0 Å². The first kappa shape index (κ1) is 21.1. The predicted octanol–water partition coefficient (Wildman–Crippen LogP) is 2.20. The highest BCUT2D eigenvalue weighted by molar-refractivity contribution is 7.88. The Morgan fingerprint density at radius 3 is 2.69 bits per heavy atom. The number of primary sulfonamides is 1. The molecule has 3 N–H and O–H groups in total. The Balaban J connectivity index is 1.93. The minimum absolute atomic E-state index is 0.224. The quantitative estimate of drug-likeness (QED) is 0.580. The Morgan fingerprint density at radius 1 is 1.28 bits per heavy atom. The molecule has 0 radical (unpaired) electrons. The third-order valence-electron chi connectivity index (χ3n) is 4.03. The van der Waals surface area contributed by atoms with Crippen molar-refractivity contribution in [1.82, 2.24) is 9.97 Å². The molecule has 1 amide bonds. The van der Waals surface area contributed by atoms with Crippen molar-refractivity contribution in [2.24, 2.45) is 5.14 Å². The number of carbonyl (C=O) groups is 1. The van der Waals surface area contributed by atoms with Crippen LogP contribution in [0.4, 0.5) is 5.69 Å². The van der Waals surface area contributed by atoms with E-state index in [2.05, 4.69) is 15.3 Å². The number of nitrogens with one attached hydrogen (secondary N) is 1. The Hall–Kier alpha value is -2.60. The SMILES string of the molecule is COCc1nc(OC)c2c(C)c(C(=O)Nc3cccc(CS(N)(=O)=O)c3)sc2n1. The number of anilines is 1. The largest absolute Gasteiger partial charge is 0.480 e. The van der Waals surface area contributed by atoms with Gasteiger partial charge in [0.15, 0.2) is 5.82 Å². The van der Waals surface area contributed by atoms with Gasteiger partial charge in [0.25, 0.3) is 5.91 Å². The minimum atomic E-state index is -3.67. The van der Waals surface area contributed by atoms with Crippen LogP contribution in [0.15, 0.2) is 24.3 Å². The van der Waals surface area contributed by atoms with Crippen molar-refractivity contribution in [1.29, 1.82) is 0 Å². The molecular formula is C18H20N4O5S2. The number of thiophene rings is 1. The number of aryl methyl sites for hydroxylation is 1. The summed E-state index contributed by atoms with van der Waals surface area (Å²) in [5.74, 6) is 0.188. The number of ether oxygens (including phenoxy) is 2. The molecule has 154 valence electrons. The van der Waals surface area contributed by atoms with Gasteiger partial charge in [0.05, 0.1) is 23.1 Å². The Labute approximate surface area is 171 Å². The van der Waals surface area contributed by atoms with Crippen LogP contribution in [0.3, 0.4) is 0 Å². The summed E-state index contributed by atoms with van der Waals surface area (Å²) in [6.45, 7) is 2.02. The van der Waals surface area contributed by atoms with Crippen LogP contribution in [-0.2, 0) is 27.1 Å². The zero-order valence-electron chi connectivity index (χ0n) is 16.1. The van der Waals surface area contributed by atoms with E-state index in [-0.39, 0.29) is 18.3 Å². The van der Waals surface area contributed by atoms with E-state index < -0.39 is 10.0 Å². The van der Waals surface area contributed by atoms with Gasteiger partial charge in [-0.25, -0.2) is 18.5 Å². The average molecular weight is 437 g/mol. The van der Waals surface area contributed by atoms with E-state index in [9.17, 15) is 13.2 Å². The molecule has 9 nitrogen and oxygen atoms in total. The fourth-order valence-corrected chi connectivity index (χ4v) is 4.59. The van der Waals surface area contributed by atoms with Gasteiger partial charge in [-0.1, -0.05) is 12.1 Å². The highest BCUT2D eigenvalue weighted by Crippen LogP contribution is 2.35. The van der Waals surface area contributed by atoms with Crippen LogP contribution in [0.1, 0.15) is 26.6 Å². The van der Waals surface area contributed by atoms with Gasteiger partial charge in [-0.15, -0.1) is 11.3 Å². The van der Waals surface area contributed by atoms with Gasteiger partial charge < -0.3 is 14.8 Å². The molecule has 3 rings (SSSR count). The molecule has 0 saturated carbocycles. The van der Waals surface area contributed by atoms with Crippen LogP contribution in [-0.4, -0.2) is 38.5 Å². The van der Waals surface area contributed by atoms with Gasteiger partial charge in [-0.3, -0.25) is 4.79 Å². The maximum atomic E-state index is 12.9. The normalized spacial score (nSPS) is 11.6. The molecule has 0 atom stereocenters. The van der Waals surface area contributed by atoms with Crippen molar-refractivity contribution in [2.75, 3.05) is 19.5 Å². The van der Waals surface area contributed by atoms with E-state index in [0.29, 0.717) is 43.6 Å². The van der Waals surface area contributed by atoms with Crippen LogP contribution in [0, 0.1) is 6.92 Å². The maximum absolute atomic E-state index is 12.9. The number of rotatable bonds is 7. The standard InChI is InChI=1S/C18H20N4O5S2/c1-10-14-17(27-3)21-13(8-26-2)22-18(14)28-15(10)16(23)20-12-6-4-5-11(7-12)9-29(19,24)25/h4-7H,8-9H2,1-3H3,(H,20,23)(H2,19,24,25). The van der Waals surface area contributed by atoms with E-state index >= 15 is 0 Å². The first-order valence-corrected chi connectivity index (χ1v) is 11.0. The van der Waals surface area contributed by atoms with Gasteiger partial charge in [-0.2, -0.15) is 4.98 Å². The van der Waals surface area contributed by atoms with Crippen LogP contribution < -0.4 is 15.2 Å². The molecule has 0 aliphatic rings. The second-order valence-corrected chi connectivity index (χ2v) is 8.89. The minimum Gasteiger partial charge on any atom is -0.480 e. The van der Waals surface area contributed by atoms with Crippen LogP contribution >= 0.6 is 11.3 Å². The molecule has 0 spiro atoms. The maximum Gasteiger partial charge on any atom is 0.266 e. The smallest absolute Gasteiger partial charge is 0.266 e. The number of carbonyl (C=O) groups excluding carboxylic acids is 1. The zero-order chi connectivity index (χ0) is 21.2. The summed E-state index contributed by atoms with van der Waals surface area (Å²) in [4.78, 5) is 22.7. The van der Waals surface area contributed by atoms with Gasteiger partial charge in [0.2, 0.25) is 15.9 Å². The number of fused-ring (bicyclic) bond motifs is 1. The lowest BCUT2D eigenvalue weighted by Crippen LogP contribution is -2.15. The molecule has 2 aromatic heterocycles. The summed E-state index contributed by atoms with van der Waals surface area (Å²) < 4.78 is 33.0. The number of amides is 1. The van der Waals surface area contributed by atoms with Crippen LogP contribution in [0.2, 0.25) is 0 Å². The van der Waals surface area contributed by atoms with E-state index in [4.69, 9.17) is 14.6 Å². The third kappa shape index (κ3) is 4.88. The molecule has 29 heavy (non-hydrogen) atoms. The molecule has 0 saturated heterocycles. The van der Waals surface area contributed by atoms with Crippen molar-refractivity contribution in [3.8, 4) is 5.88 Å². The molecule has 0 fully saturated rings. The molecule has 0 unspecified atom stereocenters. The number of aromatic nitrogens is 2. The molecular weight excluding hydrogens is 416 g/mol. The summed E-state index contributed by atoms with van der Waals surface area (Å²) in [6.07, 6.45) is 0. The fourth-order valence-electron chi connectivity index (χ4n) is 2.86. The first-order valence-electron chi connectivity index (χ1n) is 8.45. The number of benzene rings is 1. The van der Waals surface area contributed by atoms with Crippen molar-refractivity contribution >= 4 is 43.2 Å². The number of sulfonamides is 1. The van der Waals surface area contributed by atoms with Crippen molar-refractivity contribution < 1.29 is 22.7 Å². The van der Waals surface area contributed by atoms with Gasteiger partial charge in [0.1, 0.15) is 11.4 Å². The molecule has 0 aliphatic heterocycles. The zero-order valence-corrected chi connectivity index (χ0v) is 17.7. The Kier molecular flexibility index (Phi) is 6.13. The highest BCUT2D eigenvalue weighted by Gasteiger charge is 2.21. The first-order chi connectivity index (χ1) is 13.7. The summed E-state index contributed by atoms with van der Waals surface area (Å²) in [6, 6.07) is 6.52. The van der Waals surface area contributed by atoms with E-state index in [1.807, 2.05) is 0 Å². The number of methoxy groups -OCH3 is 2. The summed E-state index contributed by atoms with van der Waals surface area (Å²) in [7, 11) is -0.615.